The summed E-state index contributed by atoms with van der Waals surface area (Å²) in [5.41, 5.74) is 1.81. The largest absolute Gasteiger partial charge is 0.338 e. The summed E-state index contributed by atoms with van der Waals surface area (Å²) in [5, 5.41) is 11.3. The summed E-state index contributed by atoms with van der Waals surface area (Å²) in [6.45, 7) is 3.95. The molecule has 2 atom stereocenters. The number of aryl methyl sites for hydroxylation is 1. The van der Waals surface area contributed by atoms with Crippen molar-refractivity contribution >= 4 is 15.9 Å². The van der Waals surface area contributed by atoms with Crippen LogP contribution in [0.15, 0.2) is 6.07 Å². The number of likely N-dealkylation sites (tertiary alicyclic amines) is 1. The molecule has 0 spiro atoms. The molecule has 1 amide bonds. The van der Waals surface area contributed by atoms with Crippen LogP contribution in [0.5, 0.6) is 0 Å². The van der Waals surface area contributed by atoms with Crippen LogP contribution in [0.3, 0.4) is 0 Å². The molecule has 0 bridgehead atoms. The van der Waals surface area contributed by atoms with E-state index in [0.717, 1.165) is 11.4 Å². The second-order valence-corrected chi connectivity index (χ2v) is 6.90. The second kappa shape index (κ2) is 4.93. The molecule has 106 valence electrons. The molecule has 7 nitrogen and oxygen atoms in total. The quantitative estimate of drug-likeness (QED) is 0.780. The van der Waals surface area contributed by atoms with E-state index in [1.807, 2.05) is 19.9 Å². The first kappa shape index (κ1) is 14.0. The molecule has 0 aromatic carbocycles. The minimum atomic E-state index is -3.65. The van der Waals surface area contributed by atoms with Crippen molar-refractivity contribution in [3.63, 3.8) is 0 Å². The Bertz CT molecular complexity index is 581. The van der Waals surface area contributed by atoms with Gasteiger partial charge in [-0.3, -0.25) is 9.89 Å². The van der Waals surface area contributed by atoms with Crippen molar-refractivity contribution in [1.29, 1.82) is 0 Å². The zero-order chi connectivity index (χ0) is 14.2. The lowest BCUT2D eigenvalue weighted by atomic mass is 10.1. The maximum atomic E-state index is 11.8. The molecule has 19 heavy (non-hydrogen) atoms. The van der Waals surface area contributed by atoms with Crippen LogP contribution < -0.4 is 5.14 Å². The van der Waals surface area contributed by atoms with Gasteiger partial charge >= 0.3 is 0 Å². The summed E-state index contributed by atoms with van der Waals surface area (Å²) in [6, 6.07) is 1.82. The lowest BCUT2D eigenvalue weighted by Gasteiger charge is -2.23. The number of rotatable bonds is 4. The summed E-state index contributed by atoms with van der Waals surface area (Å²) in [5.74, 6) is -0.168. The van der Waals surface area contributed by atoms with Gasteiger partial charge < -0.3 is 4.90 Å². The lowest BCUT2D eigenvalue weighted by Crippen LogP contribution is -2.38. The predicted molar refractivity (Wildman–Crippen MR) is 69.7 cm³/mol. The smallest absolute Gasteiger partial charge is 0.224 e. The number of carbonyl (C=O) groups excluding carboxylic acids is 1. The molecule has 1 aromatic heterocycles. The molecule has 1 aromatic rings. The lowest BCUT2D eigenvalue weighted by molar-refractivity contribution is -0.129. The Morgan fingerprint density at radius 3 is 2.79 bits per heavy atom. The molecular formula is C11H18N4O3S. The van der Waals surface area contributed by atoms with Gasteiger partial charge in [-0.25, -0.2) is 13.6 Å². The average Bonchev–Trinajstić information content (AvgIpc) is 2.84. The van der Waals surface area contributed by atoms with Crippen LogP contribution in [0.2, 0.25) is 0 Å². The molecule has 0 aliphatic carbocycles. The van der Waals surface area contributed by atoms with Crippen LogP contribution in [0.25, 0.3) is 0 Å². The molecule has 1 aliphatic rings. The van der Waals surface area contributed by atoms with Crippen molar-refractivity contribution in [3.05, 3.63) is 17.5 Å². The highest BCUT2D eigenvalue weighted by atomic mass is 32.2. The third kappa shape index (κ3) is 3.13. The van der Waals surface area contributed by atoms with Gasteiger partial charge in [0.1, 0.15) is 5.25 Å². The molecule has 0 radical (unpaired) electrons. The molecule has 1 fully saturated rings. The van der Waals surface area contributed by atoms with E-state index in [2.05, 4.69) is 10.2 Å². The fourth-order valence-electron chi connectivity index (χ4n) is 2.34. The zero-order valence-electron chi connectivity index (χ0n) is 11.0. The number of nitrogens with zero attached hydrogens (tertiary/aromatic N) is 2. The third-order valence-electron chi connectivity index (χ3n) is 3.38. The minimum absolute atomic E-state index is 0.0250. The number of carbonyl (C=O) groups is 1. The number of hydrogen-bond acceptors (Lipinski definition) is 4. The third-order valence-corrected chi connectivity index (χ3v) is 4.63. The summed E-state index contributed by atoms with van der Waals surface area (Å²) >= 11 is 0. The highest BCUT2D eigenvalue weighted by Gasteiger charge is 2.38. The normalized spacial score (nSPS) is 21.9. The van der Waals surface area contributed by atoms with E-state index >= 15 is 0 Å². The van der Waals surface area contributed by atoms with Gasteiger partial charge in [0.2, 0.25) is 15.9 Å². The van der Waals surface area contributed by atoms with Gasteiger partial charge in [0.05, 0.1) is 5.69 Å². The molecule has 2 unspecified atom stereocenters. The number of amides is 1. The molecular weight excluding hydrogens is 268 g/mol. The zero-order valence-corrected chi connectivity index (χ0v) is 11.8. The van der Waals surface area contributed by atoms with Gasteiger partial charge in [0.25, 0.3) is 0 Å². The Balaban J connectivity index is 2.04. The first-order valence-corrected chi connectivity index (χ1v) is 7.70. The van der Waals surface area contributed by atoms with Crippen molar-refractivity contribution in [3.8, 4) is 0 Å². The first-order chi connectivity index (χ1) is 8.77. The number of nitrogens with one attached hydrogen (secondary N) is 1. The highest BCUT2D eigenvalue weighted by molar-refractivity contribution is 7.89. The van der Waals surface area contributed by atoms with E-state index in [-0.39, 0.29) is 24.9 Å². The van der Waals surface area contributed by atoms with Crippen molar-refractivity contribution in [2.45, 2.75) is 38.0 Å². The minimum Gasteiger partial charge on any atom is -0.338 e. The Kier molecular flexibility index (Phi) is 3.64. The summed E-state index contributed by atoms with van der Waals surface area (Å²) < 4.78 is 22.6. The van der Waals surface area contributed by atoms with Gasteiger partial charge in [-0.2, -0.15) is 5.10 Å². The fourth-order valence-corrected chi connectivity index (χ4v) is 3.08. The standard InChI is InChI=1S/C11H18N4O3S/c1-7-3-9(14-13-7)4-8(2)15-6-10(5-11(15)16)19(12,17)18/h3,8,10H,4-6H2,1-2H3,(H,13,14)(H2,12,17,18). The maximum Gasteiger partial charge on any atom is 0.224 e. The van der Waals surface area contributed by atoms with E-state index in [4.69, 9.17) is 5.14 Å². The van der Waals surface area contributed by atoms with E-state index in [1.165, 1.54) is 0 Å². The van der Waals surface area contributed by atoms with Crippen LogP contribution in [-0.2, 0) is 21.2 Å². The number of primary sulfonamides is 1. The van der Waals surface area contributed by atoms with Crippen LogP contribution in [0.1, 0.15) is 24.7 Å². The summed E-state index contributed by atoms with van der Waals surface area (Å²) in [4.78, 5) is 13.4. The SMILES string of the molecule is Cc1cc(CC(C)N2CC(S(N)(=O)=O)CC2=O)n[nH]1. The van der Waals surface area contributed by atoms with E-state index in [9.17, 15) is 13.2 Å². The molecule has 0 saturated carbocycles. The average molecular weight is 286 g/mol. The Labute approximate surface area is 112 Å². The topological polar surface area (TPSA) is 109 Å². The van der Waals surface area contributed by atoms with E-state index < -0.39 is 15.3 Å². The molecule has 3 N–H and O–H groups in total. The van der Waals surface area contributed by atoms with Gasteiger partial charge in [0, 0.05) is 31.1 Å². The van der Waals surface area contributed by atoms with Gasteiger partial charge in [-0.05, 0) is 19.9 Å². The van der Waals surface area contributed by atoms with Crippen LogP contribution >= 0.6 is 0 Å². The molecule has 1 aliphatic heterocycles. The predicted octanol–water partition coefficient (Wildman–Crippen LogP) is -0.461. The maximum absolute atomic E-state index is 11.8. The molecule has 8 heteroatoms. The highest BCUT2D eigenvalue weighted by Crippen LogP contribution is 2.20. The Morgan fingerprint density at radius 2 is 2.32 bits per heavy atom. The summed E-state index contributed by atoms with van der Waals surface area (Å²) in [6.07, 6.45) is 0.566. The number of aromatic nitrogens is 2. The number of H-pyrrole nitrogens is 1. The number of hydrogen-bond donors (Lipinski definition) is 2. The Hall–Kier alpha value is -1.41. The van der Waals surface area contributed by atoms with Crippen LogP contribution in [-0.4, -0.2) is 47.3 Å². The van der Waals surface area contributed by atoms with E-state index in [1.54, 1.807) is 4.90 Å². The van der Waals surface area contributed by atoms with Crippen LogP contribution in [0, 0.1) is 6.92 Å². The van der Waals surface area contributed by atoms with Crippen LogP contribution in [0.4, 0.5) is 0 Å². The first-order valence-electron chi connectivity index (χ1n) is 6.09. The van der Waals surface area contributed by atoms with Gasteiger partial charge in [-0.15, -0.1) is 0 Å². The second-order valence-electron chi connectivity index (χ2n) is 5.06. The molecule has 2 rings (SSSR count). The van der Waals surface area contributed by atoms with E-state index in [0.29, 0.717) is 6.42 Å². The summed E-state index contributed by atoms with van der Waals surface area (Å²) in [7, 11) is -3.65. The van der Waals surface area contributed by atoms with Gasteiger partial charge in [-0.1, -0.05) is 0 Å². The van der Waals surface area contributed by atoms with Crippen molar-refractivity contribution in [2.24, 2.45) is 5.14 Å². The number of sulfonamides is 1. The molecule has 1 saturated heterocycles. The van der Waals surface area contributed by atoms with Crippen molar-refractivity contribution in [2.75, 3.05) is 6.54 Å². The Morgan fingerprint density at radius 1 is 1.63 bits per heavy atom. The van der Waals surface area contributed by atoms with Gasteiger partial charge in [0.15, 0.2) is 0 Å². The fraction of sp³-hybridized carbons (Fsp3) is 0.636. The van der Waals surface area contributed by atoms with Crippen molar-refractivity contribution < 1.29 is 13.2 Å². The van der Waals surface area contributed by atoms with Crippen molar-refractivity contribution in [1.82, 2.24) is 15.1 Å². The number of aromatic amines is 1. The monoisotopic (exact) mass is 286 g/mol. The number of nitrogens with two attached hydrogens (primary N) is 1. The molecule has 2 heterocycles.